The van der Waals surface area contributed by atoms with Gasteiger partial charge in [-0.15, -0.1) is 0 Å². The summed E-state index contributed by atoms with van der Waals surface area (Å²) >= 11 is 0. The van der Waals surface area contributed by atoms with E-state index in [1.165, 1.54) is 37.1 Å². The van der Waals surface area contributed by atoms with Crippen LogP contribution >= 0.6 is 0 Å². The van der Waals surface area contributed by atoms with Gasteiger partial charge in [0.05, 0.1) is 10.9 Å². The van der Waals surface area contributed by atoms with Crippen molar-refractivity contribution in [2.24, 2.45) is 0 Å². The van der Waals surface area contributed by atoms with Gasteiger partial charge in [0.1, 0.15) is 17.5 Å². The molecule has 2 saturated heterocycles. The van der Waals surface area contributed by atoms with Crippen molar-refractivity contribution >= 4 is 16.8 Å². The standard InChI is InChI=1S/C16H20F2N2O.C8H5FN2O2/c17-12-2-1-11(14(18)9-12)10-19-15(21)5-8-16-6-3-13(20-16)4-7-16;9-4-1-2-6-5(3-4)7(12)11-8(13)10-6/h1-2,9,13,20H,3-8,10H2,(H,19,21);1-3H,(H2,10,11,12,13). The molecular weight excluding hydrogens is 449 g/mol. The summed E-state index contributed by atoms with van der Waals surface area (Å²) < 4.78 is 38.9. The summed E-state index contributed by atoms with van der Waals surface area (Å²) in [5.74, 6) is -1.81. The number of carbonyl (C=O) groups is 1. The second-order valence-electron chi connectivity index (χ2n) is 8.81. The van der Waals surface area contributed by atoms with Crippen LogP contribution in [0, 0.1) is 17.5 Å². The van der Waals surface area contributed by atoms with E-state index in [2.05, 4.69) is 15.6 Å². The zero-order valence-corrected chi connectivity index (χ0v) is 18.3. The molecule has 5 rings (SSSR count). The van der Waals surface area contributed by atoms with Gasteiger partial charge in [-0.1, -0.05) is 6.07 Å². The lowest BCUT2D eigenvalue weighted by Gasteiger charge is -2.25. The minimum Gasteiger partial charge on any atom is -0.352 e. The van der Waals surface area contributed by atoms with E-state index >= 15 is 0 Å². The van der Waals surface area contributed by atoms with Crippen molar-refractivity contribution in [3.63, 3.8) is 0 Å². The third-order valence-corrected chi connectivity index (χ3v) is 6.48. The van der Waals surface area contributed by atoms with Crippen molar-refractivity contribution in [1.82, 2.24) is 20.6 Å². The Bertz CT molecular complexity index is 1310. The molecule has 2 bridgehead atoms. The molecule has 34 heavy (non-hydrogen) atoms. The molecule has 2 aliphatic rings. The Morgan fingerprint density at radius 3 is 2.38 bits per heavy atom. The van der Waals surface area contributed by atoms with E-state index in [0.29, 0.717) is 23.5 Å². The van der Waals surface area contributed by atoms with Crippen molar-refractivity contribution in [1.29, 1.82) is 0 Å². The molecule has 3 aromatic rings. The maximum Gasteiger partial charge on any atom is 0.326 e. The van der Waals surface area contributed by atoms with Gasteiger partial charge < -0.3 is 15.6 Å². The van der Waals surface area contributed by atoms with E-state index in [4.69, 9.17) is 0 Å². The molecule has 1 aromatic heterocycles. The van der Waals surface area contributed by atoms with E-state index < -0.39 is 28.7 Å². The van der Waals surface area contributed by atoms with Crippen molar-refractivity contribution in [2.45, 2.75) is 56.7 Å². The van der Waals surface area contributed by atoms with Gasteiger partial charge in [0, 0.05) is 36.2 Å². The maximum absolute atomic E-state index is 13.5. The molecule has 0 aliphatic carbocycles. The Morgan fingerprint density at radius 1 is 1.00 bits per heavy atom. The number of rotatable bonds is 5. The molecule has 0 radical (unpaired) electrons. The summed E-state index contributed by atoms with van der Waals surface area (Å²) in [4.78, 5) is 38.2. The van der Waals surface area contributed by atoms with Crippen LogP contribution in [-0.2, 0) is 11.3 Å². The van der Waals surface area contributed by atoms with Crippen LogP contribution in [0.4, 0.5) is 13.2 Å². The van der Waals surface area contributed by atoms with Crippen molar-refractivity contribution in [3.05, 3.63) is 80.3 Å². The number of hydrogen-bond donors (Lipinski definition) is 4. The fraction of sp³-hybridized carbons (Fsp3) is 0.375. The van der Waals surface area contributed by atoms with Crippen LogP contribution in [0.2, 0.25) is 0 Å². The van der Waals surface area contributed by atoms with Crippen LogP contribution < -0.4 is 21.9 Å². The van der Waals surface area contributed by atoms with Gasteiger partial charge in [0.2, 0.25) is 5.91 Å². The minimum atomic E-state index is -0.620. The van der Waals surface area contributed by atoms with Crippen LogP contribution in [0.25, 0.3) is 10.9 Å². The second kappa shape index (κ2) is 9.84. The zero-order chi connectivity index (χ0) is 24.3. The Hall–Kier alpha value is -3.40. The highest BCUT2D eigenvalue weighted by Crippen LogP contribution is 2.40. The predicted molar refractivity (Wildman–Crippen MR) is 121 cm³/mol. The number of H-pyrrole nitrogens is 2. The second-order valence-corrected chi connectivity index (χ2v) is 8.81. The molecule has 2 aromatic carbocycles. The smallest absolute Gasteiger partial charge is 0.326 e. The third-order valence-electron chi connectivity index (χ3n) is 6.48. The molecule has 2 aliphatic heterocycles. The predicted octanol–water partition coefficient (Wildman–Crippen LogP) is 3.00. The van der Waals surface area contributed by atoms with Crippen molar-refractivity contribution in [3.8, 4) is 0 Å². The third kappa shape index (κ3) is 5.56. The van der Waals surface area contributed by atoms with Gasteiger partial charge in [-0.2, -0.15) is 0 Å². The Morgan fingerprint density at radius 2 is 1.71 bits per heavy atom. The first-order valence-corrected chi connectivity index (χ1v) is 11.1. The van der Waals surface area contributed by atoms with E-state index in [1.54, 1.807) is 0 Å². The monoisotopic (exact) mass is 474 g/mol. The normalized spacial score (nSPS) is 20.7. The number of carbonyl (C=O) groups excluding carboxylic acids is 1. The van der Waals surface area contributed by atoms with Crippen molar-refractivity contribution in [2.75, 3.05) is 0 Å². The minimum absolute atomic E-state index is 0.0785. The number of nitrogens with one attached hydrogen (secondary N) is 4. The van der Waals surface area contributed by atoms with Gasteiger partial charge in [-0.05, 0) is 56.4 Å². The molecular formula is C24H25F3N4O3. The van der Waals surface area contributed by atoms with Crippen LogP contribution in [0.1, 0.15) is 44.1 Å². The van der Waals surface area contributed by atoms with Crippen LogP contribution in [0.3, 0.4) is 0 Å². The number of aromatic amines is 2. The maximum atomic E-state index is 13.5. The summed E-state index contributed by atoms with van der Waals surface area (Å²) in [7, 11) is 0. The summed E-state index contributed by atoms with van der Waals surface area (Å²) in [6.07, 6.45) is 6.00. The van der Waals surface area contributed by atoms with Gasteiger partial charge in [0.25, 0.3) is 5.56 Å². The zero-order valence-electron chi connectivity index (χ0n) is 18.3. The van der Waals surface area contributed by atoms with Crippen LogP contribution in [-0.4, -0.2) is 27.5 Å². The first-order chi connectivity index (χ1) is 16.2. The first kappa shape index (κ1) is 23.7. The summed E-state index contributed by atoms with van der Waals surface area (Å²) in [6, 6.07) is 7.64. The van der Waals surface area contributed by atoms with E-state index in [9.17, 15) is 27.6 Å². The number of benzene rings is 2. The average molecular weight is 474 g/mol. The molecule has 4 N–H and O–H groups in total. The van der Waals surface area contributed by atoms with Gasteiger partial charge in [-0.3, -0.25) is 14.6 Å². The summed E-state index contributed by atoms with van der Waals surface area (Å²) in [5, 5.41) is 6.45. The lowest BCUT2D eigenvalue weighted by Crippen LogP contribution is -2.37. The molecule has 2 fully saturated rings. The molecule has 10 heteroatoms. The Labute approximate surface area is 192 Å². The van der Waals surface area contributed by atoms with Crippen LogP contribution in [0.15, 0.2) is 46.0 Å². The van der Waals surface area contributed by atoms with E-state index in [0.717, 1.165) is 31.4 Å². The summed E-state index contributed by atoms with van der Waals surface area (Å²) in [6.45, 7) is 0.105. The highest BCUT2D eigenvalue weighted by Gasteiger charge is 2.43. The topological polar surface area (TPSA) is 107 Å². The van der Waals surface area contributed by atoms with E-state index in [-0.39, 0.29) is 23.4 Å². The first-order valence-electron chi connectivity index (χ1n) is 11.1. The number of aromatic nitrogens is 2. The van der Waals surface area contributed by atoms with Crippen LogP contribution in [0.5, 0.6) is 0 Å². The molecule has 0 unspecified atom stereocenters. The largest absolute Gasteiger partial charge is 0.352 e. The lowest BCUT2D eigenvalue weighted by atomic mass is 9.84. The van der Waals surface area contributed by atoms with Crippen molar-refractivity contribution < 1.29 is 18.0 Å². The average Bonchev–Trinajstić information content (AvgIpc) is 3.40. The SMILES string of the molecule is O=C(CCC12CCC(CC1)N2)NCc1ccc(F)cc1F.O=c1[nH]c(=O)c2cc(F)ccc2[nH]1. The molecule has 3 heterocycles. The number of amides is 1. The van der Waals surface area contributed by atoms with Gasteiger partial charge in [-0.25, -0.2) is 18.0 Å². The number of halogens is 3. The molecule has 7 nitrogen and oxygen atoms in total. The molecule has 0 atom stereocenters. The quantitative estimate of drug-likeness (QED) is 0.456. The fourth-order valence-electron chi connectivity index (χ4n) is 4.65. The molecule has 0 saturated carbocycles. The van der Waals surface area contributed by atoms with Gasteiger partial charge in [0.15, 0.2) is 0 Å². The van der Waals surface area contributed by atoms with E-state index in [1.807, 2.05) is 4.98 Å². The Balaban J connectivity index is 0.000000180. The summed E-state index contributed by atoms with van der Waals surface area (Å²) in [5.41, 5.74) is -0.385. The molecule has 1 amide bonds. The Kier molecular flexibility index (Phi) is 6.87. The molecule has 180 valence electrons. The lowest BCUT2D eigenvalue weighted by molar-refractivity contribution is -0.121. The fourth-order valence-corrected chi connectivity index (χ4v) is 4.65. The highest BCUT2D eigenvalue weighted by atomic mass is 19.1. The highest BCUT2D eigenvalue weighted by molar-refractivity contribution is 5.77. The van der Waals surface area contributed by atoms with Gasteiger partial charge >= 0.3 is 5.69 Å². The number of hydrogen-bond acceptors (Lipinski definition) is 4. The molecule has 0 spiro atoms. The number of fused-ring (bicyclic) bond motifs is 3.